The highest BCUT2D eigenvalue weighted by Crippen LogP contribution is 2.24. The van der Waals surface area contributed by atoms with Gasteiger partial charge in [0, 0.05) is 28.4 Å². The van der Waals surface area contributed by atoms with Crippen LogP contribution in [0.4, 0.5) is 11.4 Å². The number of nitrogens with zero attached hydrogens (tertiary/aromatic N) is 5. The molecule has 150 valence electrons. The van der Waals surface area contributed by atoms with Crippen molar-refractivity contribution in [3.8, 4) is 11.3 Å². The van der Waals surface area contributed by atoms with E-state index in [1.807, 2.05) is 0 Å². The summed E-state index contributed by atoms with van der Waals surface area (Å²) in [7, 11) is 0. The number of rotatable bonds is 6. The molecule has 1 amide bonds. The fraction of sp³-hybridized carbons (Fsp3) is 0.0526. The number of nitrogens with one attached hydrogen (secondary N) is 1. The quantitative estimate of drug-likeness (QED) is 0.273. The second-order valence-corrected chi connectivity index (χ2v) is 7.50. The number of non-ortho nitro benzene ring substituents is 1. The average molecular weight is 441 g/mol. The average Bonchev–Trinajstić information content (AvgIpc) is 3.16. The topological polar surface area (TPSA) is 115 Å². The molecule has 0 aliphatic rings. The highest BCUT2D eigenvalue weighted by molar-refractivity contribution is 7.99. The molecule has 0 spiro atoms. The zero-order valence-corrected chi connectivity index (χ0v) is 16.8. The molecule has 0 bridgehead atoms. The van der Waals surface area contributed by atoms with Gasteiger partial charge in [-0.25, -0.2) is 0 Å². The minimum absolute atomic E-state index is 0.0216. The SMILES string of the molecule is O=C(CSc1nnc2ccc(-c3cccc([N+](=O)[O-])c3)nn12)Nc1ccc(Cl)cc1. The first-order valence-electron chi connectivity index (χ1n) is 8.65. The number of carbonyl (C=O) groups excluding carboxylic acids is 1. The Balaban J connectivity index is 1.51. The molecule has 11 heteroatoms. The van der Waals surface area contributed by atoms with E-state index in [1.54, 1.807) is 48.5 Å². The highest BCUT2D eigenvalue weighted by Gasteiger charge is 2.13. The van der Waals surface area contributed by atoms with E-state index in [4.69, 9.17) is 11.6 Å². The molecule has 0 fully saturated rings. The minimum Gasteiger partial charge on any atom is -0.325 e. The van der Waals surface area contributed by atoms with Crippen LogP contribution in [-0.2, 0) is 4.79 Å². The zero-order valence-electron chi connectivity index (χ0n) is 15.2. The number of thioether (sulfide) groups is 1. The summed E-state index contributed by atoms with van der Waals surface area (Å²) in [5.41, 5.74) is 2.24. The molecule has 0 aliphatic carbocycles. The molecule has 0 unspecified atom stereocenters. The fourth-order valence-electron chi connectivity index (χ4n) is 2.65. The van der Waals surface area contributed by atoms with E-state index in [0.717, 1.165) is 0 Å². The predicted octanol–water partition coefficient (Wildman–Crippen LogP) is 4.08. The smallest absolute Gasteiger partial charge is 0.270 e. The lowest BCUT2D eigenvalue weighted by atomic mass is 10.1. The Morgan fingerprint density at radius 3 is 2.70 bits per heavy atom. The summed E-state index contributed by atoms with van der Waals surface area (Å²) in [6.07, 6.45) is 0. The molecular weight excluding hydrogens is 428 g/mol. The van der Waals surface area contributed by atoms with Gasteiger partial charge in [0.15, 0.2) is 5.65 Å². The number of nitro benzene ring substituents is 1. The fourth-order valence-corrected chi connectivity index (χ4v) is 3.47. The normalized spacial score (nSPS) is 10.8. The molecule has 4 rings (SSSR count). The molecule has 2 aromatic carbocycles. The number of nitro groups is 1. The van der Waals surface area contributed by atoms with Gasteiger partial charge in [-0.15, -0.1) is 10.2 Å². The summed E-state index contributed by atoms with van der Waals surface area (Å²) >= 11 is 7.02. The summed E-state index contributed by atoms with van der Waals surface area (Å²) < 4.78 is 1.51. The molecule has 2 heterocycles. The van der Waals surface area contributed by atoms with Crippen LogP contribution in [-0.4, -0.2) is 36.4 Å². The van der Waals surface area contributed by atoms with Crippen molar-refractivity contribution in [2.24, 2.45) is 0 Å². The Labute approximate surface area is 179 Å². The lowest BCUT2D eigenvalue weighted by molar-refractivity contribution is -0.384. The van der Waals surface area contributed by atoms with E-state index < -0.39 is 4.92 Å². The second kappa shape index (κ2) is 8.47. The molecule has 0 saturated carbocycles. The van der Waals surface area contributed by atoms with Gasteiger partial charge in [0.05, 0.1) is 16.4 Å². The van der Waals surface area contributed by atoms with Crippen LogP contribution in [0.25, 0.3) is 16.9 Å². The standard InChI is InChI=1S/C19H13ClN6O3S/c20-13-4-6-14(7-5-13)21-18(27)11-30-19-23-22-17-9-8-16(24-25(17)19)12-2-1-3-15(10-12)26(28)29/h1-10H,11H2,(H,21,27). The van der Waals surface area contributed by atoms with Crippen molar-refractivity contribution in [2.75, 3.05) is 11.1 Å². The maximum Gasteiger partial charge on any atom is 0.270 e. The molecule has 2 aromatic heterocycles. The van der Waals surface area contributed by atoms with Gasteiger partial charge in [0.1, 0.15) is 0 Å². The van der Waals surface area contributed by atoms with Gasteiger partial charge in [-0.1, -0.05) is 35.5 Å². The van der Waals surface area contributed by atoms with Crippen molar-refractivity contribution in [3.63, 3.8) is 0 Å². The van der Waals surface area contributed by atoms with Crippen LogP contribution in [0.3, 0.4) is 0 Å². The van der Waals surface area contributed by atoms with Crippen molar-refractivity contribution < 1.29 is 9.72 Å². The molecule has 0 saturated heterocycles. The van der Waals surface area contributed by atoms with Crippen molar-refractivity contribution in [1.82, 2.24) is 19.8 Å². The van der Waals surface area contributed by atoms with Gasteiger partial charge in [-0.3, -0.25) is 14.9 Å². The molecule has 9 nitrogen and oxygen atoms in total. The first-order chi connectivity index (χ1) is 14.5. The Bertz CT molecular complexity index is 1240. The van der Waals surface area contributed by atoms with Crippen molar-refractivity contribution in [2.45, 2.75) is 5.16 Å². The van der Waals surface area contributed by atoms with Gasteiger partial charge >= 0.3 is 0 Å². The lowest BCUT2D eigenvalue weighted by Gasteiger charge is -2.05. The summed E-state index contributed by atoms with van der Waals surface area (Å²) in [5, 5.41) is 27.4. The third-order valence-corrected chi connectivity index (χ3v) is 5.22. The third-order valence-electron chi connectivity index (χ3n) is 4.05. The Morgan fingerprint density at radius 1 is 1.13 bits per heavy atom. The molecule has 0 radical (unpaired) electrons. The molecule has 0 aliphatic heterocycles. The van der Waals surface area contributed by atoms with Crippen LogP contribution >= 0.6 is 23.4 Å². The number of halogens is 1. The van der Waals surface area contributed by atoms with Crippen LogP contribution in [0.15, 0.2) is 65.8 Å². The zero-order chi connectivity index (χ0) is 21.1. The number of fused-ring (bicyclic) bond motifs is 1. The number of carbonyl (C=O) groups is 1. The van der Waals surface area contributed by atoms with Crippen molar-refractivity contribution in [1.29, 1.82) is 0 Å². The number of hydrogen-bond acceptors (Lipinski definition) is 7. The summed E-state index contributed by atoms with van der Waals surface area (Å²) in [6, 6.07) is 16.4. The van der Waals surface area contributed by atoms with E-state index in [1.165, 1.54) is 28.4 Å². The maximum atomic E-state index is 12.2. The number of anilines is 1. The number of aromatic nitrogens is 4. The van der Waals surface area contributed by atoms with Crippen molar-refractivity contribution >= 4 is 46.3 Å². The first kappa shape index (κ1) is 19.8. The predicted molar refractivity (Wildman–Crippen MR) is 114 cm³/mol. The number of amides is 1. The molecule has 30 heavy (non-hydrogen) atoms. The summed E-state index contributed by atoms with van der Waals surface area (Å²) in [5.74, 6) is -0.111. The second-order valence-electron chi connectivity index (χ2n) is 6.12. The van der Waals surface area contributed by atoms with Crippen LogP contribution < -0.4 is 5.32 Å². The van der Waals surface area contributed by atoms with Gasteiger partial charge < -0.3 is 5.32 Å². The maximum absolute atomic E-state index is 12.2. The van der Waals surface area contributed by atoms with E-state index in [2.05, 4.69) is 20.6 Å². The van der Waals surface area contributed by atoms with Gasteiger partial charge in [0.25, 0.3) is 5.69 Å². The third kappa shape index (κ3) is 4.39. The molecule has 0 atom stereocenters. The van der Waals surface area contributed by atoms with Crippen molar-refractivity contribution in [3.05, 3.63) is 75.8 Å². The lowest BCUT2D eigenvalue weighted by Crippen LogP contribution is -2.14. The van der Waals surface area contributed by atoms with Crippen LogP contribution in [0, 0.1) is 10.1 Å². The van der Waals surface area contributed by atoms with E-state index in [0.29, 0.717) is 32.8 Å². The Kier molecular flexibility index (Phi) is 5.59. The largest absolute Gasteiger partial charge is 0.325 e. The van der Waals surface area contributed by atoms with Crippen LogP contribution in [0.5, 0.6) is 0 Å². The molecule has 1 N–H and O–H groups in total. The number of hydrogen-bond donors (Lipinski definition) is 1. The van der Waals surface area contributed by atoms with E-state index in [9.17, 15) is 14.9 Å². The number of benzene rings is 2. The van der Waals surface area contributed by atoms with Crippen LogP contribution in [0.2, 0.25) is 5.02 Å². The first-order valence-corrected chi connectivity index (χ1v) is 10.0. The highest BCUT2D eigenvalue weighted by atomic mass is 35.5. The van der Waals surface area contributed by atoms with Gasteiger partial charge in [-0.2, -0.15) is 9.61 Å². The monoisotopic (exact) mass is 440 g/mol. The van der Waals surface area contributed by atoms with Gasteiger partial charge in [0.2, 0.25) is 11.1 Å². The molecule has 4 aromatic rings. The summed E-state index contributed by atoms with van der Waals surface area (Å²) in [4.78, 5) is 22.8. The summed E-state index contributed by atoms with van der Waals surface area (Å²) in [6.45, 7) is 0. The Hall–Kier alpha value is -3.50. The van der Waals surface area contributed by atoms with E-state index >= 15 is 0 Å². The van der Waals surface area contributed by atoms with E-state index in [-0.39, 0.29) is 17.3 Å². The van der Waals surface area contributed by atoms with Gasteiger partial charge in [-0.05, 0) is 36.4 Å². The minimum atomic E-state index is -0.457. The Morgan fingerprint density at radius 2 is 1.93 bits per heavy atom. The molecular formula is C19H13ClN6O3S. The van der Waals surface area contributed by atoms with Crippen LogP contribution in [0.1, 0.15) is 0 Å².